The van der Waals surface area contributed by atoms with Crippen molar-refractivity contribution < 1.29 is 8.42 Å². The van der Waals surface area contributed by atoms with Crippen LogP contribution in [0.4, 0.5) is 5.13 Å². The zero-order valence-corrected chi connectivity index (χ0v) is 19.4. The molecule has 1 saturated heterocycles. The molecule has 5 nitrogen and oxygen atoms in total. The number of thiazole rings is 1. The van der Waals surface area contributed by atoms with Crippen molar-refractivity contribution in [2.24, 2.45) is 0 Å². The summed E-state index contributed by atoms with van der Waals surface area (Å²) in [7, 11) is -3.53. The number of hydrogen-bond acceptors (Lipinski definition) is 5. The molecule has 1 fully saturated rings. The van der Waals surface area contributed by atoms with Crippen LogP contribution in [0.3, 0.4) is 0 Å². The predicted octanol–water partition coefficient (Wildman–Crippen LogP) is 4.52. The molecule has 2 heterocycles. The molecule has 0 atom stereocenters. The molecule has 0 amide bonds. The molecule has 0 spiro atoms. The maximum atomic E-state index is 12.9. The fourth-order valence-electron chi connectivity index (χ4n) is 3.62. The van der Waals surface area contributed by atoms with E-state index in [1.165, 1.54) is 27.1 Å². The number of hydrogen-bond donors (Lipinski definition) is 0. The number of aryl methyl sites for hydroxylation is 1. The molecule has 4 rings (SSSR count). The van der Waals surface area contributed by atoms with Gasteiger partial charge in [0.25, 0.3) is 0 Å². The molecule has 1 aromatic heterocycles. The van der Waals surface area contributed by atoms with Crippen molar-refractivity contribution in [1.29, 1.82) is 0 Å². The number of anilines is 1. The van der Waals surface area contributed by atoms with Crippen LogP contribution in [0.15, 0.2) is 52.7 Å². The third-order valence-corrected chi connectivity index (χ3v) is 8.65. The van der Waals surface area contributed by atoms with E-state index in [0.29, 0.717) is 31.2 Å². The summed E-state index contributed by atoms with van der Waals surface area (Å²) in [6, 6.07) is 12.8. The van der Waals surface area contributed by atoms with E-state index in [1.54, 1.807) is 29.5 Å². The van der Waals surface area contributed by atoms with Crippen LogP contribution in [0.2, 0.25) is 5.02 Å². The Morgan fingerprint density at radius 1 is 1.07 bits per heavy atom. The molecular weight excluding hydrogens is 438 g/mol. The van der Waals surface area contributed by atoms with Crippen molar-refractivity contribution in [1.82, 2.24) is 9.29 Å². The molecule has 158 valence electrons. The van der Waals surface area contributed by atoms with Crippen LogP contribution in [0.5, 0.6) is 0 Å². The Morgan fingerprint density at radius 2 is 1.80 bits per heavy atom. The topological polar surface area (TPSA) is 53.5 Å². The summed E-state index contributed by atoms with van der Waals surface area (Å²) in [4.78, 5) is 7.23. The highest BCUT2D eigenvalue weighted by Crippen LogP contribution is 2.26. The van der Waals surface area contributed by atoms with Crippen molar-refractivity contribution in [2.75, 3.05) is 31.1 Å². The number of piperazine rings is 1. The molecular formula is C22H24ClN3O2S2. The van der Waals surface area contributed by atoms with E-state index < -0.39 is 10.0 Å². The van der Waals surface area contributed by atoms with Gasteiger partial charge in [-0.05, 0) is 48.7 Å². The standard InChI is InChI=1S/C22H24ClN3O2S2/c1-16-5-3-6-18(17(16)2)13-20-15-29-22(24-20)25-9-11-26(12-10-25)30(27,28)21-8-4-7-19(23)14-21/h3-8,14-15H,9-13H2,1-2H3. The van der Waals surface area contributed by atoms with Gasteiger partial charge in [-0.3, -0.25) is 0 Å². The lowest BCUT2D eigenvalue weighted by Gasteiger charge is -2.33. The van der Waals surface area contributed by atoms with Gasteiger partial charge in [0.15, 0.2) is 5.13 Å². The molecule has 3 aromatic rings. The highest BCUT2D eigenvalue weighted by Gasteiger charge is 2.29. The zero-order valence-electron chi connectivity index (χ0n) is 17.0. The minimum absolute atomic E-state index is 0.244. The average molecular weight is 462 g/mol. The summed E-state index contributed by atoms with van der Waals surface area (Å²) < 4.78 is 27.3. The van der Waals surface area contributed by atoms with Crippen molar-refractivity contribution in [3.63, 3.8) is 0 Å². The van der Waals surface area contributed by atoms with Gasteiger partial charge in [0, 0.05) is 43.0 Å². The summed E-state index contributed by atoms with van der Waals surface area (Å²) in [5.41, 5.74) is 4.95. The molecule has 0 radical (unpaired) electrons. The Hall–Kier alpha value is -1.93. The van der Waals surface area contributed by atoms with Crippen molar-refractivity contribution in [3.8, 4) is 0 Å². The predicted molar refractivity (Wildman–Crippen MR) is 123 cm³/mol. The summed E-state index contributed by atoms with van der Waals surface area (Å²) in [6.45, 7) is 6.38. The number of benzene rings is 2. The van der Waals surface area contributed by atoms with E-state index in [0.717, 1.165) is 17.2 Å². The third-order valence-electron chi connectivity index (χ3n) is 5.57. The number of aromatic nitrogens is 1. The van der Waals surface area contributed by atoms with Gasteiger partial charge in [-0.2, -0.15) is 4.31 Å². The summed E-state index contributed by atoms with van der Waals surface area (Å²) in [6.07, 6.45) is 0.813. The lowest BCUT2D eigenvalue weighted by Crippen LogP contribution is -2.48. The van der Waals surface area contributed by atoms with E-state index in [-0.39, 0.29) is 4.90 Å². The first-order valence-electron chi connectivity index (χ1n) is 9.85. The fourth-order valence-corrected chi connectivity index (χ4v) is 6.22. The average Bonchev–Trinajstić information content (AvgIpc) is 3.20. The maximum absolute atomic E-state index is 12.9. The second kappa shape index (κ2) is 8.67. The van der Waals surface area contributed by atoms with Gasteiger partial charge in [0.05, 0.1) is 10.6 Å². The second-order valence-corrected chi connectivity index (χ2v) is 10.7. The number of halogens is 1. The Balaban J connectivity index is 1.42. The first-order chi connectivity index (χ1) is 14.3. The first-order valence-corrected chi connectivity index (χ1v) is 12.5. The van der Waals surface area contributed by atoms with Crippen LogP contribution < -0.4 is 4.90 Å². The molecule has 0 unspecified atom stereocenters. The van der Waals surface area contributed by atoms with Gasteiger partial charge in [-0.25, -0.2) is 13.4 Å². The number of nitrogens with zero attached hydrogens (tertiary/aromatic N) is 3. The SMILES string of the molecule is Cc1cccc(Cc2csc(N3CCN(S(=O)(=O)c4cccc(Cl)c4)CC3)n2)c1C. The Kier molecular flexibility index (Phi) is 6.16. The molecule has 8 heteroatoms. The van der Waals surface area contributed by atoms with Crippen molar-refractivity contribution in [2.45, 2.75) is 25.2 Å². The molecule has 30 heavy (non-hydrogen) atoms. The van der Waals surface area contributed by atoms with Crippen molar-refractivity contribution >= 4 is 38.1 Å². The van der Waals surface area contributed by atoms with Gasteiger partial charge in [0.2, 0.25) is 10.0 Å². The van der Waals surface area contributed by atoms with Gasteiger partial charge in [-0.15, -0.1) is 11.3 Å². The normalized spacial score (nSPS) is 15.5. The van der Waals surface area contributed by atoms with E-state index in [4.69, 9.17) is 16.6 Å². The first kappa shape index (κ1) is 21.3. The number of sulfonamides is 1. The Bertz CT molecular complexity index is 1150. The van der Waals surface area contributed by atoms with Crippen LogP contribution in [0.25, 0.3) is 0 Å². The molecule has 1 aliphatic rings. The molecule has 2 aromatic carbocycles. The van der Waals surface area contributed by atoms with Gasteiger partial charge >= 0.3 is 0 Å². The summed E-state index contributed by atoms with van der Waals surface area (Å²) in [5, 5.41) is 3.48. The van der Waals surface area contributed by atoms with Crippen LogP contribution in [0, 0.1) is 13.8 Å². The molecule has 1 aliphatic heterocycles. The minimum atomic E-state index is -3.53. The smallest absolute Gasteiger partial charge is 0.243 e. The minimum Gasteiger partial charge on any atom is -0.345 e. The van der Waals surface area contributed by atoms with E-state index in [2.05, 4.69) is 42.3 Å². The number of rotatable bonds is 5. The maximum Gasteiger partial charge on any atom is 0.243 e. The van der Waals surface area contributed by atoms with Crippen LogP contribution >= 0.6 is 22.9 Å². The lowest BCUT2D eigenvalue weighted by molar-refractivity contribution is 0.384. The van der Waals surface area contributed by atoms with E-state index in [9.17, 15) is 8.42 Å². The van der Waals surface area contributed by atoms with E-state index >= 15 is 0 Å². The quantitative estimate of drug-likeness (QED) is 0.560. The molecule has 0 N–H and O–H groups in total. The summed E-state index contributed by atoms with van der Waals surface area (Å²) in [5.74, 6) is 0. The lowest BCUT2D eigenvalue weighted by atomic mass is 10.0. The second-order valence-electron chi connectivity index (χ2n) is 7.51. The largest absolute Gasteiger partial charge is 0.345 e. The summed E-state index contributed by atoms with van der Waals surface area (Å²) >= 11 is 7.60. The highest BCUT2D eigenvalue weighted by atomic mass is 35.5. The molecule has 0 saturated carbocycles. The highest BCUT2D eigenvalue weighted by molar-refractivity contribution is 7.89. The Labute approximate surface area is 187 Å². The monoisotopic (exact) mass is 461 g/mol. The fraction of sp³-hybridized carbons (Fsp3) is 0.318. The van der Waals surface area contributed by atoms with Gasteiger partial charge in [-0.1, -0.05) is 35.9 Å². The zero-order chi connectivity index (χ0) is 21.3. The van der Waals surface area contributed by atoms with Crippen LogP contribution in [-0.2, 0) is 16.4 Å². The van der Waals surface area contributed by atoms with Gasteiger partial charge in [0.1, 0.15) is 0 Å². The Morgan fingerprint density at radius 3 is 2.53 bits per heavy atom. The van der Waals surface area contributed by atoms with E-state index in [1.807, 2.05) is 0 Å². The third kappa shape index (κ3) is 4.39. The molecule has 0 bridgehead atoms. The van der Waals surface area contributed by atoms with Crippen LogP contribution in [0.1, 0.15) is 22.4 Å². The van der Waals surface area contributed by atoms with Crippen LogP contribution in [-0.4, -0.2) is 43.9 Å². The van der Waals surface area contributed by atoms with Crippen molar-refractivity contribution in [3.05, 3.63) is 75.3 Å². The van der Waals surface area contributed by atoms with Gasteiger partial charge < -0.3 is 4.90 Å². The molecule has 0 aliphatic carbocycles.